The Hall–Kier alpha value is -10.9. The van der Waals surface area contributed by atoms with E-state index >= 15 is 0 Å². The van der Waals surface area contributed by atoms with Crippen LogP contribution in [0.4, 0.5) is 0 Å². The second-order valence-corrected chi connectivity index (χ2v) is 21.0. The highest BCUT2D eigenvalue weighted by atomic mass is 32.1. The maximum absolute atomic E-state index is 6.37. The molecule has 0 saturated heterocycles. The molecular weight excluding hydrogens is 1020 g/mol. The first kappa shape index (κ1) is 48.3. The molecule has 0 atom stereocenters. The second-order valence-electron chi connectivity index (χ2n) is 19.9. The average Bonchev–Trinajstić information content (AvgIpc) is 4.34. The fraction of sp³-hybridized carbons (Fsp3) is 0. The van der Waals surface area contributed by atoms with E-state index in [0.29, 0.717) is 23.3 Å². The summed E-state index contributed by atoms with van der Waals surface area (Å²) in [6.45, 7) is 0. The third kappa shape index (κ3) is 8.97. The Bertz CT molecular complexity index is 4580. The van der Waals surface area contributed by atoms with Gasteiger partial charge in [-0.1, -0.05) is 237 Å². The smallest absolute Gasteiger partial charge is 0.164 e. The molecule has 0 aliphatic heterocycles. The van der Waals surface area contributed by atoms with Crippen molar-refractivity contribution in [2.24, 2.45) is 0 Å². The Balaban J connectivity index is 0.000000140. The zero-order valence-corrected chi connectivity index (χ0v) is 44.7. The predicted octanol–water partition coefficient (Wildman–Crippen LogP) is 19.0. The van der Waals surface area contributed by atoms with Crippen LogP contribution in [-0.2, 0) is 0 Å². The lowest BCUT2D eigenvalue weighted by molar-refractivity contribution is 0.672. The lowest BCUT2D eigenvalue weighted by atomic mass is 10.00. The van der Waals surface area contributed by atoms with Gasteiger partial charge < -0.3 is 4.42 Å². The van der Waals surface area contributed by atoms with Crippen LogP contribution in [-0.4, -0.2) is 34.9 Å². The zero-order chi connectivity index (χ0) is 54.3. The number of para-hydroxylation sites is 3. The molecule has 0 aliphatic rings. The molecule has 0 unspecified atom stereocenters. The molecule has 0 amide bonds. The quantitative estimate of drug-likeness (QED) is 0.148. The molecule has 384 valence electrons. The Morgan fingerprint density at radius 3 is 1.21 bits per heavy atom. The van der Waals surface area contributed by atoms with Gasteiger partial charge in [-0.05, 0) is 36.4 Å². The molecule has 0 aliphatic carbocycles. The molecule has 16 rings (SSSR count). The molecule has 16 aromatic rings. The van der Waals surface area contributed by atoms with E-state index in [1.165, 1.54) is 25.6 Å². The van der Waals surface area contributed by atoms with Crippen LogP contribution in [0, 0.1) is 0 Å². The zero-order valence-electron chi connectivity index (χ0n) is 43.9. The van der Waals surface area contributed by atoms with Crippen molar-refractivity contribution >= 4 is 75.3 Å². The van der Waals surface area contributed by atoms with Gasteiger partial charge in [-0.2, -0.15) is 0 Å². The third-order valence-corrected chi connectivity index (χ3v) is 16.0. The highest BCUT2D eigenvalue weighted by Gasteiger charge is 2.20. The van der Waals surface area contributed by atoms with Gasteiger partial charge in [-0.3, -0.25) is 0 Å². The van der Waals surface area contributed by atoms with Crippen LogP contribution in [0.25, 0.3) is 154 Å². The molecule has 82 heavy (non-hydrogen) atoms. The van der Waals surface area contributed by atoms with E-state index in [4.69, 9.17) is 39.3 Å². The maximum atomic E-state index is 6.37. The van der Waals surface area contributed by atoms with Gasteiger partial charge >= 0.3 is 0 Å². The fourth-order valence-corrected chi connectivity index (χ4v) is 12.1. The average molecular weight is 1070 g/mol. The lowest BCUT2D eigenvalue weighted by Crippen LogP contribution is -2.00. The third-order valence-electron chi connectivity index (χ3n) is 14.8. The molecule has 6 aromatic heterocycles. The van der Waals surface area contributed by atoms with Crippen LogP contribution in [0.1, 0.15) is 0 Å². The van der Waals surface area contributed by atoms with Crippen molar-refractivity contribution in [1.29, 1.82) is 0 Å². The minimum atomic E-state index is 0.641. The maximum Gasteiger partial charge on any atom is 0.164 e. The van der Waals surface area contributed by atoms with Gasteiger partial charge in [-0.25, -0.2) is 34.9 Å². The fourth-order valence-electron chi connectivity index (χ4n) is 10.8. The van der Waals surface area contributed by atoms with Crippen molar-refractivity contribution < 1.29 is 4.42 Å². The van der Waals surface area contributed by atoms with Crippen LogP contribution < -0.4 is 0 Å². The Morgan fingerprint density at radius 1 is 0.268 bits per heavy atom. The summed E-state index contributed by atoms with van der Waals surface area (Å²) in [5.74, 6) is 2.65. The lowest BCUT2D eigenvalue weighted by Gasteiger charge is -2.10. The summed E-state index contributed by atoms with van der Waals surface area (Å²) in [7, 11) is 0. The minimum absolute atomic E-state index is 0.641. The highest BCUT2D eigenvalue weighted by Crippen LogP contribution is 2.44. The van der Waals surface area contributed by atoms with E-state index < -0.39 is 0 Å². The van der Waals surface area contributed by atoms with E-state index in [1.807, 2.05) is 157 Å². The molecule has 6 heterocycles. The molecule has 8 nitrogen and oxygen atoms in total. The summed E-state index contributed by atoms with van der Waals surface area (Å²) < 4.78 is 8.92. The number of hydrogen-bond donors (Lipinski definition) is 0. The van der Waals surface area contributed by atoms with Gasteiger partial charge in [0.1, 0.15) is 11.2 Å². The van der Waals surface area contributed by atoms with Crippen LogP contribution in [0.3, 0.4) is 0 Å². The number of furan rings is 1. The summed E-state index contributed by atoms with van der Waals surface area (Å²) in [6, 6.07) is 92.8. The Morgan fingerprint density at radius 2 is 0.646 bits per heavy atom. The number of benzene rings is 10. The van der Waals surface area contributed by atoms with E-state index in [0.717, 1.165) is 106 Å². The molecule has 0 N–H and O–H groups in total. The van der Waals surface area contributed by atoms with Crippen molar-refractivity contribution in [2.45, 2.75) is 0 Å². The van der Waals surface area contributed by atoms with Crippen molar-refractivity contribution in [3.05, 3.63) is 273 Å². The van der Waals surface area contributed by atoms with Gasteiger partial charge in [0.25, 0.3) is 0 Å². The first-order chi connectivity index (χ1) is 40.6. The van der Waals surface area contributed by atoms with Gasteiger partial charge in [0, 0.05) is 80.8 Å². The predicted molar refractivity (Wildman–Crippen MR) is 336 cm³/mol. The SMILES string of the molecule is c1ccc(-c2cc(-c3ccc(-c4nc5ccccc5c5oc6ccccc6c45)cc3)nc(-c3ccccc3)n2)cc1.c1ccc(-c2nc(-c3ccccc3)nc(-c3ccc(-c4nc5ccccc5c5sc6ccccc6c45)cc3)n2)cc1. The molecule has 0 saturated carbocycles. The monoisotopic (exact) mass is 1070 g/mol. The number of rotatable bonds is 8. The summed E-state index contributed by atoms with van der Waals surface area (Å²) in [5.41, 5.74) is 15.3. The van der Waals surface area contributed by atoms with Crippen molar-refractivity contribution in [1.82, 2.24) is 34.9 Å². The van der Waals surface area contributed by atoms with Crippen LogP contribution in [0.5, 0.6) is 0 Å². The van der Waals surface area contributed by atoms with Crippen LogP contribution in [0.15, 0.2) is 277 Å². The molecule has 0 spiro atoms. The largest absolute Gasteiger partial charge is 0.455 e. The first-order valence-electron chi connectivity index (χ1n) is 27.1. The van der Waals surface area contributed by atoms with Crippen LogP contribution in [0.2, 0.25) is 0 Å². The summed E-state index contributed by atoms with van der Waals surface area (Å²) in [6.07, 6.45) is 0. The van der Waals surface area contributed by atoms with Crippen molar-refractivity contribution in [2.75, 3.05) is 0 Å². The van der Waals surface area contributed by atoms with Gasteiger partial charge in [0.2, 0.25) is 0 Å². The van der Waals surface area contributed by atoms with Gasteiger partial charge in [0.15, 0.2) is 23.3 Å². The standard InChI is InChI=1S/C37H23N3O.C36H22N4S/c1-3-11-24(12-4-1)31-23-32(40-37(39-31)27-13-5-2-6-14-27)25-19-21-26(22-20-25)35-34-29-16-8-10-18-33(29)41-36(34)28-15-7-9-17-30(28)38-35;1-3-11-24(12-4-1)34-38-35(25-13-5-2-6-14-25)40-36(39-34)26-21-19-23(20-22-26)32-31-28-16-8-10-18-30(28)41-33(31)27-15-7-9-17-29(27)37-32/h1-23H;1-22H. The Kier molecular flexibility index (Phi) is 12.2. The minimum Gasteiger partial charge on any atom is -0.455 e. The van der Waals surface area contributed by atoms with E-state index in [1.54, 1.807) is 0 Å². The summed E-state index contributed by atoms with van der Waals surface area (Å²) in [5, 5.41) is 6.75. The molecule has 0 fully saturated rings. The van der Waals surface area contributed by atoms with Gasteiger partial charge in [-0.15, -0.1) is 11.3 Å². The molecular formula is C73H45N7OS. The molecule has 0 radical (unpaired) electrons. The second kappa shape index (κ2) is 20.7. The number of fused-ring (bicyclic) bond motifs is 10. The topological polar surface area (TPSA) is 103 Å². The van der Waals surface area contributed by atoms with Crippen molar-refractivity contribution in [3.63, 3.8) is 0 Å². The van der Waals surface area contributed by atoms with Crippen LogP contribution >= 0.6 is 11.3 Å². The summed E-state index contributed by atoms with van der Waals surface area (Å²) in [4.78, 5) is 34.8. The van der Waals surface area contributed by atoms with Crippen molar-refractivity contribution in [3.8, 4) is 90.6 Å². The first-order valence-corrected chi connectivity index (χ1v) is 27.9. The number of thiophene rings is 1. The highest BCUT2D eigenvalue weighted by molar-refractivity contribution is 7.26. The number of hydrogen-bond acceptors (Lipinski definition) is 9. The number of nitrogens with zero attached hydrogens (tertiary/aromatic N) is 7. The van der Waals surface area contributed by atoms with E-state index in [2.05, 4.69) is 127 Å². The number of aromatic nitrogens is 7. The Labute approximate surface area is 475 Å². The molecule has 10 aromatic carbocycles. The normalized spacial score (nSPS) is 11.4. The molecule has 9 heteroatoms. The number of pyridine rings is 2. The molecule has 0 bridgehead atoms. The summed E-state index contributed by atoms with van der Waals surface area (Å²) >= 11 is 1.83. The van der Waals surface area contributed by atoms with E-state index in [9.17, 15) is 0 Å². The van der Waals surface area contributed by atoms with E-state index in [-0.39, 0.29) is 0 Å². The van der Waals surface area contributed by atoms with Gasteiger partial charge in [0.05, 0.1) is 39.2 Å².